The maximum Gasteiger partial charge on any atom is 0.193 e. The number of hydrogen-bond acceptors (Lipinski definition) is 1. The van der Waals surface area contributed by atoms with E-state index in [1.54, 1.807) is 6.07 Å². The second kappa shape index (κ2) is 4.95. The lowest BCUT2D eigenvalue weighted by Crippen LogP contribution is -2.02. The summed E-state index contributed by atoms with van der Waals surface area (Å²) >= 11 is 6.05. The predicted molar refractivity (Wildman–Crippen MR) is 75.5 cm³/mol. The van der Waals surface area contributed by atoms with Gasteiger partial charge in [0.05, 0.1) is 0 Å². The summed E-state index contributed by atoms with van der Waals surface area (Å²) in [7, 11) is 0. The molecule has 2 rings (SSSR count). The highest BCUT2D eigenvalue weighted by atomic mass is 35.5. The van der Waals surface area contributed by atoms with Crippen molar-refractivity contribution in [1.82, 2.24) is 0 Å². The predicted octanol–water partition coefficient (Wildman–Crippen LogP) is 4.50. The third kappa shape index (κ3) is 2.46. The minimum Gasteiger partial charge on any atom is -0.289 e. The molecule has 0 aliphatic rings. The van der Waals surface area contributed by atoms with Gasteiger partial charge in [-0.15, -0.1) is 0 Å². The summed E-state index contributed by atoms with van der Waals surface area (Å²) in [6, 6.07) is 11.2. The average Bonchev–Trinajstić information content (AvgIpc) is 2.35. The Morgan fingerprint density at radius 3 is 1.94 bits per heavy atom. The first-order chi connectivity index (χ1) is 8.49. The van der Waals surface area contributed by atoms with E-state index >= 15 is 0 Å². The molecule has 0 bridgehead atoms. The number of halogens is 1. The number of ketones is 1. The van der Waals surface area contributed by atoms with Crippen LogP contribution in [0.5, 0.6) is 0 Å². The Morgan fingerprint density at radius 1 is 0.833 bits per heavy atom. The first-order valence-electron chi connectivity index (χ1n) is 5.87. The maximum absolute atomic E-state index is 12.3. The van der Waals surface area contributed by atoms with E-state index in [0.29, 0.717) is 16.1 Å². The van der Waals surface area contributed by atoms with E-state index in [1.807, 2.05) is 51.1 Å². The van der Waals surface area contributed by atoms with Crippen LogP contribution in [0.3, 0.4) is 0 Å². The Morgan fingerprint density at radius 2 is 1.39 bits per heavy atom. The Kier molecular flexibility index (Phi) is 3.53. The monoisotopic (exact) mass is 258 g/mol. The van der Waals surface area contributed by atoms with E-state index in [0.717, 1.165) is 11.1 Å². The van der Waals surface area contributed by atoms with Gasteiger partial charge >= 0.3 is 0 Å². The molecule has 0 atom stereocenters. The molecule has 2 aromatic carbocycles. The van der Waals surface area contributed by atoms with E-state index in [2.05, 4.69) is 0 Å². The minimum absolute atomic E-state index is 0.0139. The Labute approximate surface area is 112 Å². The van der Waals surface area contributed by atoms with Crippen molar-refractivity contribution >= 4 is 17.4 Å². The van der Waals surface area contributed by atoms with Crippen LogP contribution in [0, 0.1) is 20.8 Å². The lowest BCUT2D eigenvalue weighted by atomic mass is 9.99. The second-order valence-electron chi connectivity index (χ2n) is 4.59. The van der Waals surface area contributed by atoms with Gasteiger partial charge < -0.3 is 0 Å². The largest absolute Gasteiger partial charge is 0.289 e. The third-order valence-corrected chi connectivity index (χ3v) is 3.61. The van der Waals surface area contributed by atoms with Gasteiger partial charge in [-0.25, -0.2) is 0 Å². The quantitative estimate of drug-likeness (QED) is 0.725. The van der Waals surface area contributed by atoms with Crippen molar-refractivity contribution in [2.75, 3.05) is 0 Å². The first kappa shape index (κ1) is 12.8. The van der Waals surface area contributed by atoms with Crippen LogP contribution in [0.25, 0.3) is 0 Å². The Balaban J connectivity index is 2.41. The van der Waals surface area contributed by atoms with E-state index in [4.69, 9.17) is 11.6 Å². The van der Waals surface area contributed by atoms with Gasteiger partial charge in [0.25, 0.3) is 0 Å². The number of hydrogen-bond donors (Lipinski definition) is 0. The molecule has 2 heteroatoms. The molecule has 2 aromatic rings. The fourth-order valence-electron chi connectivity index (χ4n) is 1.78. The first-order valence-corrected chi connectivity index (χ1v) is 6.25. The molecule has 92 valence electrons. The van der Waals surface area contributed by atoms with Gasteiger partial charge in [-0.05, 0) is 49.6 Å². The Hall–Kier alpha value is -1.60. The molecule has 0 aromatic heterocycles. The van der Waals surface area contributed by atoms with Crippen LogP contribution in [0.4, 0.5) is 0 Å². The second-order valence-corrected chi connectivity index (χ2v) is 5.00. The van der Waals surface area contributed by atoms with Crippen LogP contribution in [-0.2, 0) is 0 Å². The number of carbonyl (C=O) groups is 1. The summed E-state index contributed by atoms with van der Waals surface area (Å²) in [5.41, 5.74) is 4.63. The summed E-state index contributed by atoms with van der Waals surface area (Å²) in [6.45, 7) is 5.97. The Bertz CT molecular complexity index is 561. The van der Waals surface area contributed by atoms with Crippen molar-refractivity contribution in [2.45, 2.75) is 20.8 Å². The summed E-state index contributed by atoms with van der Waals surface area (Å²) in [4.78, 5) is 12.3. The van der Waals surface area contributed by atoms with Crippen molar-refractivity contribution in [3.05, 3.63) is 69.2 Å². The smallest absolute Gasteiger partial charge is 0.193 e. The van der Waals surface area contributed by atoms with Crippen molar-refractivity contribution in [3.8, 4) is 0 Å². The van der Waals surface area contributed by atoms with Gasteiger partial charge in [-0.3, -0.25) is 4.79 Å². The lowest BCUT2D eigenvalue weighted by Gasteiger charge is -2.06. The van der Waals surface area contributed by atoms with Crippen LogP contribution in [0.2, 0.25) is 5.02 Å². The topological polar surface area (TPSA) is 17.1 Å². The van der Waals surface area contributed by atoms with Crippen LogP contribution in [-0.4, -0.2) is 5.78 Å². The molecular weight excluding hydrogens is 244 g/mol. The van der Waals surface area contributed by atoms with Gasteiger partial charge in [0, 0.05) is 16.1 Å². The average molecular weight is 259 g/mol. The zero-order valence-electron chi connectivity index (χ0n) is 10.8. The molecule has 0 unspecified atom stereocenters. The van der Waals surface area contributed by atoms with Crippen LogP contribution in [0.1, 0.15) is 32.6 Å². The molecule has 0 radical (unpaired) electrons. The fraction of sp³-hybridized carbons (Fsp3) is 0.188. The number of rotatable bonds is 2. The molecular formula is C16H15ClO. The van der Waals surface area contributed by atoms with Gasteiger partial charge in [0.15, 0.2) is 5.78 Å². The van der Waals surface area contributed by atoms with Crippen LogP contribution >= 0.6 is 11.6 Å². The fourth-order valence-corrected chi connectivity index (χ4v) is 1.96. The van der Waals surface area contributed by atoms with E-state index in [9.17, 15) is 4.79 Å². The molecule has 0 heterocycles. The summed E-state index contributed by atoms with van der Waals surface area (Å²) in [5.74, 6) is 0.0139. The molecule has 1 nitrogen and oxygen atoms in total. The highest BCUT2D eigenvalue weighted by Gasteiger charge is 2.10. The van der Waals surface area contributed by atoms with Gasteiger partial charge in [0.2, 0.25) is 0 Å². The standard InChI is InChI=1S/C16H15ClO/c1-10-4-6-13(8-12(10)3)16(18)14-7-5-11(2)15(17)9-14/h4-9H,1-3H3. The van der Waals surface area contributed by atoms with Crippen molar-refractivity contribution in [3.63, 3.8) is 0 Å². The summed E-state index contributed by atoms with van der Waals surface area (Å²) < 4.78 is 0. The molecule has 0 fully saturated rings. The maximum atomic E-state index is 12.3. The third-order valence-electron chi connectivity index (χ3n) is 3.20. The molecule has 0 saturated heterocycles. The molecule has 0 saturated carbocycles. The number of aryl methyl sites for hydroxylation is 3. The van der Waals surface area contributed by atoms with Crippen molar-refractivity contribution in [2.24, 2.45) is 0 Å². The normalized spacial score (nSPS) is 10.4. The number of benzene rings is 2. The molecule has 0 aliphatic carbocycles. The summed E-state index contributed by atoms with van der Waals surface area (Å²) in [5, 5.41) is 0.629. The summed E-state index contributed by atoms with van der Waals surface area (Å²) in [6.07, 6.45) is 0. The van der Waals surface area contributed by atoms with E-state index in [1.165, 1.54) is 5.56 Å². The molecule has 0 spiro atoms. The van der Waals surface area contributed by atoms with Crippen LogP contribution < -0.4 is 0 Å². The van der Waals surface area contributed by atoms with Crippen molar-refractivity contribution < 1.29 is 4.79 Å². The van der Waals surface area contributed by atoms with Crippen molar-refractivity contribution in [1.29, 1.82) is 0 Å². The number of carbonyl (C=O) groups excluding carboxylic acids is 1. The van der Waals surface area contributed by atoms with E-state index in [-0.39, 0.29) is 5.78 Å². The van der Waals surface area contributed by atoms with Gasteiger partial charge in [0.1, 0.15) is 0 Å². The van der Waals surface area contributed by atoms with E-state index < -0.39 is 0 Å². The van der Waals surface area contributed by atoms with Gasteiger partial charge in [-0.1, -0.05) is 35.9 Å². The zero-order valence-corrected chi connectivity index (χ0v) is 11.5. The highest BCUT2D eigenvalue weighted by molar-refractivity contribution is 6.31. The highest BCUT2D eigenvalue weighted by Crippen LogP contribution is 2.20. The van der Waals surface area contributed by atoms with Gasteiger partial charge in [-0.2, -0.15) is 0 Å². The zero-order chi connectivity index (χ0) is 13.3. The molecule has 0 amide bonds. The lowest BCUT2D eigenvalue weighted by molar-refractivity contribution is 0.103. The molecule has 0 N–H and O–H groups in total. The molecule has 18 heavy (non-hydrogen) atoms. The molecule has 0 aliphatic heterocycles. The minimum atomic E-state index is 0.0139. The SMILES string of the molecule is Cc1ccc(C(=O)c2ccc(C)c(Cl)c2)cc1C. The van der Waals surface area contributed by atoms with Crippen LogP contribution in [0.15, 0.2) is 36.4 Å².